The number of likely N-dealkylation sites (tertiary alicyclic amines) is 1. The Morgan fingerprint density at radius 3 is 2.92 bits per heavy atom. The number of hydrogen-bond donors (Lipinski definition) is 0. The van der Waals surface area contributed by atoms with E-state index in [0.29, 0.717) is 30.4 Å². The summed E-state index contributed by atoms with van der Waals surface area (Å²) in [5.74, 6) is 0.957. The molecule has 3 heterocycles. The second-order valence-corrected chi connectivity index (χ2v) is 6.12. The van der Waals surface area contributed by atoms with Crippen molar-refractivity contribution in [2.24, 2.45) is 0 Å². The highest BCUT2D eigenvalue weighted by Crippen LogP contribution is 2.22. The molecular formula is C19H18N4O3. The molecule has 1 saturated heterocycles. The minimum Gasteiger partial charge on any atom is -0.472 e. The molecule has 132 valence electrons. The fraction of sp³-hybridized carbons (Fsp3) is 0.263. The second kappa shape index (κ2) is 7.35. The number of carbonyl (C=O) groups excluding carboxylic acids is 1. The summed E-state index contributed by atoms with van der Waals surface area (Å²) in [5, 5.41) is 3.95. The molecule has 2 aromatic heterocycles. The Bertz CT molecular complexity index is 867. The molecule has 1 aromatic carbocycles. The molecule has 26 heavy (non-hydrogen) atoms. The first-order valence-corrected chi connectivity index (χ1v) is 8.54. The fourth-order valence-electron chi connectivity index (χ4n) is 3.01. The van der Waals surface area contributed by atoms with Crippen molar-refractivity contribution >= 4 is 5.91 Å². The molecule has 7 nitrogen and oxygen atoms in total. The van der Waals surface area contributed by atoms with Crippen molar-refractivity contribution < 1.29 is 14.1 Å². The molecule has 1 amide bonds. The largest absolute Gasteiger partial charge is 0.472 e. The van der Waals surface area contributed by atoms with Crippen LogP contribution in [-0.2, 0) is 0 Å². The van der Waals surface area contributed by atoms with Crippen LogP contribution in [0.4, 0.5) is 0 Å². The van der Waals surface area contributed by atoms with Gasteiger partial charge in [0.2, 0.25) is 5.88 Å². The first kappa shape index (κ1) is 16.3. The summed E-state index contributed by atoms with van der Waals surface area (Å²) in [6, 6.07) is 13.0. The Morgan fingerprint density at radius 1 is 1.23 bits per heavy atom. The average molecular weight is 350 g/mol. The van der Waals surface area contributed by atoms with Crippen LogP contribution < -0.4 is 4.74 Å². The van der Waals surface area contributed by atoms with Crippen LogP contribution in [0.15, 0.2) is 59.5 Å². The normalized spacial score (nSPS) is 17.1. The highest BCUT2D eigenvalue weighted by molar-refractivity contribution is 5.93. The summed E-state index contributed by atoms with van der Waals surface area (Å²) in [6.45, 7) is 1.17. The Labute approximate surface area is 150 Å². The van der Waals surface area contributed by atoms with Gasteiger partial charge in [0.15, 0.2) is 11.5 Å². The predicted molar refractivity (Wildman–Crippen MR) is 93.5 cm³/mol. The minimum atomic E-state index is -0.146. The lowest BCUT2D eigenvalue weighted by Crippen LogP contribution is -2.44. The Balaban J connectivity index is 1.44. The van der Waals surface area contributed by atoms with Gasteiger partial charge in [-0.1, -0.05) is 35.5 Å². The maximum absolute atomic E-state index is 12.8. The van der Waals surface area contributed by atoms with E-state index in [4.69, 9.17) is 9.26 Å². The number of carbonyl (C=O) groups is 1. The van der Waals surface area contributed by atoms with Crippen LogP contribution in [0, 0.1) is 0 Å². The molecule has 0 spiro atoms. The third-order valence-electron chi connectivity index (χ3n) is 4.30. The molecule has 0 radical (unpaired) electrons. The molecule has 1 aliphatic heterocycles. The number of benzene rings is 1. The molecule has 3 aromatic rings. The summed E-state index contributed by atoms with van der Waals surface area (Å²) in [4.78, 5) is 22.5. The standard InChI is InChI=1S/C19H18N4O3/c24-19(16-11-17(26-22-16)14-5-2-1-3-6-14)23-10-4-7-15(12-23)25-18-8-9-20-13-21-18/h1-3,5-6,8-9,11,13,15H,4,7,10,12H2. The summed E-state index contributed by atoms with van der Waals surface area (Å²) >= 11 is 0. The SMILES string of the molecule is O=C(c1cc(-c2ccccc2)on1)N1CCCC(Oc2ccncn2)C1. The number of hydrogen-bond acceptors (Lipinski definition) is 6. The third-order valence-corrected chi connectivity index (χ3v) is 4.30. The molecule has 0 bridgehead atoms. The number of piperidine rings is 1. The van der Waals surface area contributed by atoms with Crippen molar-refractivity contribution in [3.63, 3.8) is 0 Å². The van der Waals surface area contributed by atoms with Gasteiger partial charge in [0.25, 0.3) is 5.91 Å². The number of amides is 1. The number of nitrogens with zero attached hydrogens (tertiary/aromatic N) is 4. The third kappa shape index (κ3) is 3.56. The van der Waals surface area contributed by atoms with Crippen LogP contribution in [0.5, 0.6) is 5.88 Å². The van der Waals surface area contributed by atoms with Crippen molar-refractivity contribution in [2.75, 3.05) is 13.1 Å². The monoisotopic (exact) mass is 350 g/mol. The highest BCUT2D eigenvalue weighted by Gasteiger charge is 2.28. The second-order valence-electron chi connectivity index (χ2n) is 6.12. The molecule has 0 saturated carbocycles. The molecular weight excluding hydrogens is 332 g/mol. The van der Waals surface area contributed by atoms with E-state index in [9.17, 15) is 4.79 Å². The average Bonchev–Trinajstić information content (AvgIpc) is 3.19. The van der Waals surface area contributed by atoms with E-state index < -0.39 is 0 Å². The minimum absolute atomic E-state index is 0.0944. The zero-order chi connectivity index (χ0) is 17.8. The molecule has 1 atom stereocenters. The summed E-state index contributed by atoms with van der Waals surface area (Å²) in [6.07, 6.45) is 4.73. The smallest absolute Gasteiger partial charge is 0.276 e. The fourth-order valence-corrected chi connectivity index (χ4v) is 3.01. The van der Waals surface area contributed by atoms with Gasteiger partial charge in [-0.25, -0.2) is 9.97 Å². The molecule has 1 unspecified atom stereocenters. The highest BCUT2D eigenvalue weighted by atomic mass is 16.5. The lowest BCUT2D eigenvalue weighted by Gasteiger charge is -2.32. The van der Waals surface area contributed by atoms with Gasteiger partial charge in [-0.2, -0.15) is 0 Å². The van der Waals surface area contributed by atoms with E-state index in [-0.39, 0.29) is 12.0 Å². The van der Waals surface area contributed by atoms with E-state index >= 15 is 0 Å². The zero-order valence-electron chi connectivity index (χ0n) is 14.1. The maximum Gasteiger partial charge on any atom is 0.276 e. The molecule has 0 aliphatic carbocycles. The Morgan fingerprint density at radius 2 is 2.12 bits per heavy atom. The van der Waals surface area contributed by atoms with Crippen LogP contribution in [0.2, 0.25) is 0 Å². The van der Waals surface area contributed by atoms with Gasteiger partial charge in [-0.15, -0.1) is 0 Å². The summed E-state index contributed by atoms with van der Waals surface area (Å²) in [7, 11) is 0. The first-order chi connectivity index (χ1) is 12.8. The number of aromatic nitrogens is 3. The van der Waals surface area contributed by atoms with Gasteiger partial charge < -0.3 is 14.2 Å². The van der Waals surface area contributed by atoms with Gasteiger partial charge in [-0.05, 0) is 12.8 Å². The topological polar surface area (TPSA) is 81.4 Å². The van der Waals surface area contributed by atoms with E-state index in [0.717, 1.165) is 18.4 Å². The van der Waals surface area contributed by atoms with E-state index in [2.05, 4.69) is 15.1 Å². The van der Waals surface area contributed by atoms with Crippen molar-refractivity contribution in [2.45, 2.75) is 18.9 Å². The van der Waals surface area contributed by atoms with Crippen LogP contribution in [0.25, 0.3) is 11.3 Å². The van der Waals surface area contributed by atoms with E-state index in [1.54, 1.807) is 23.2 Å². The van der Waals surface area contributed by atoms with Crippen molar-refractivity contribution in [1.29, 1.82) is 0 Å². The maximum atomic E-state index is 12.8. The van der Waals surface area contributed by atoms with Crippen LogP contribution in [0.3, 0.4) is 0 Å². The summed E-state index contributed by atoms with van der Waals surface area (Å²) < 4.78 is 11.2. The van der Waals surface area contributed by atoms with Gasteiger partial charge >= 0.3 is 0 Å². The Hall–Kier alpha value is -3.22. The molecule has 0 N–H and O–H groups in total. The van der Waals surface area contributed by atoms with Gasteiger partial charge in [0.1, 0.15) is 12.4 Å². The molecule has 7 heteroatoms. The predicted octanol–water partition coefficient (Wildman–Crippen LogP) is 2.82. The van der Waals surface area contributed by atoms with Gasteiger partial charge in [0, 0.05) is 30.4 Å². The van der Waals surface area contributed by atoms with E-state index in [1.165, 1.54) is 6.33 Å². The zero-order valence-corrected chi connectivity index (χ0v) is 14.1. The number of ether oxygens (including phenoxy) is 1. The van der Waals surface area contributed by atoms with Crippen LogP contribution in [0.1, 0.15) is 23.3 Å². The molecule has 4 rings (SSSR count). The lowest BCUT2D eigenvalue weighted by molar-refractivity contribution is 0.0518. The van der Waals surface area contributed by atoms with Gasteiger partial charge in [-0.3, -0.25) is 4.79 Å². The Kier molecular flexibility index (Phi) is 4.59. The molecule has 1 aliphatic rings. The van der Waals surface area contributed by atoms with Crippen molar-refractivity contribution in [3.8, 4) is 17.2 Å². The molecule has 1 fully saturated rings. The lowest BCUT2D eigenvalue weighted by atomic mass is 10.1. The van der Waals surface area contributed by atoms with Crippen molar-refractivity contribution in [1.82, 2.24) is 20.0 Å². The van der Waals surface area contributed by atoms with Gasteiger partial charge in [0.05, 0.1) is 6.54 Å². The quantitative estimate of drug-likeness (QED) is 0.720. The van der Waals surface area contributed by atoms with Crippen molar-refractivity contribution in [3.05, 3.63) is 60.7 Å². The van der Waals surface area contributed by atoms with E-state index in [1.807, 2.05) is 30.3 Å². The summed E-state index contributed by atoms with van der Waals surface area (Å²) in [5.41, 5.74) is 1.20. The number of rotatable bonds is 4. The van der Waals surface area contributed by atoms with Crippen LogP contribution in [-0.4, -0.2) is 45.1 Å². The first-order valence-electron chi connectivity index (χ1n) is 8.54. The van der Waals surface area contributed by atoms with Crippen LogP contribution >= 0.6 is 0 Å².